The summed E-state index contributed by atoms with van der Waals surface area (Å²) in [5.41, 5.74) is 4.76. The van der Waals surface area contributed by atoms with Crippen LogP contribution in [0.4, 0.5) is 4.39 Å². The van der Waals surface area contributed by atoms with Gasteiger partial charge in [-0.3, -0.25) is 20.4 Å². The van der Waals surface area contributed by atoms with E-state index in [2.05, 4.69) is 21.5 Å². The second-order valence-electron chi connectivity index (χ2n) is 4.87. The third kappa shape index (κ3) is 4.96. The third-order valence-corrected chi connectivity index (χ3v) is 3.19. The van der Waals surface area contributed by atoms with E-state index in [1.165, 1.54) is 18.2 Å². The Balaban J connectivity index is 2.76. The first-order chi connectivity index (χ1) is 10.4. The Bertz CT molecular complexity index is 566. The van der Waals surface area contributed by atoms with E-state index in [1.807, 2.05) is 0 Å². The molecule has 1 aromatic rings. The molecule has 0 fully saturated rings. The smallest absolute Gasteiger partial charge is 0.261 e. The SMILES string of the molecule is CNC(=S)NNC(=O)[C@H](NC(=O)c1ccccc1F)C(C)C. The Morgan fingerprint density at radius 3 is 2.36 bits per heavy atom. The molecule has 2 amide bonds. The highest BCUT2D eigenvalue weighted by molar-refractivity contribution is 7.80. The van der Waals surface area contributed by atoms with Crippen LogP contribution in [0.3, 0.4) is 0 Å². The number of carbonyl (C=O) groups excluding carboxylic acids is 2. The van der Waals surface area contributed by atoms with Crippen molar-refractivity contribution in [2.24, 2.45) is 5.92 Å². The highest BCUT2D eigenvalue weighted by Gasteiger charge is 2.25. The summed E-state index contributed by atoms with van der Waals surface area (Å²) in [4.78, 5) is 24.2. The Morgan fingerprint density at radius 1 is 1.18 bits per heavy atom. The number of benzene rings is 1. The first kappa shape index (κ1) is 17.8. The molecular weight excluding hydrogens is 307 g/mol. The van der Waals surface area contributed by atoms with Gasteiger partial charge in [0.25, 0.3) is 11.8 Å². The normalized spacial score (nSPS) is 11.5. The van der Waals surface area contributed by atoms with Gasteiger partial charge in [-0.1, -0.05) is 26.0 Å². The third-order valence-electron chi connectivity index (χ3n) is 2.88. The van der Waals surface area contributed by atoms with Crippen molar-refractivity contribution >= 4 is 29.1 Å². The zero-order chi connectivity index (χ0) is 16.7. The number of halogens is 1. The minimum atomic E-state index is -0.834. The van der Waals surface area contributed by atoms with Gasteiger partial charge in [0.05, 0.1) is 5.56 Å². The van der Waals surface area contributed by atoms with Crippen LogP contribution in [0.2, 0.25) is 0 Å². The maximum Gasteiger partial charge on any atom is 0.261 e. The molecule has 0 aliphatic carbocycles. The molecule has 6 nitrogen and oxygen atoms in total. The molecular formula is C14H19FN4O2S. The topological polar surface area (TPSA) is 82.3 Å². The zero-order valence-electron chi connectivity index (χ0n) is 12.6. The van der Waals surface area contributed by atoms with Gasteiger partial charge < -0.3 is 10.6 Å². The first-order valence-corrected chi connectivity index (χ1v) is 7.10. The fourth-order valence-corrected chi connectivity index (χ4v) is 1.71. The molecule has 1 rings (SSSR count). The van der Waals surface area contributed by atoms with Crippen molar-refractivity contribution < 1.29 is 14.0 Å². The van der Waals surface area contributed by atoms with Crippen molar-refractivity contribution in [2.45, 2.75) is 19.9 Å². The number of thiocarbonyl (C=S) groups is 1. The average molecular weight is 326 g/mol. The second-order valence-corrected chi connectivity index (χ2v) is 5.28. The fraction of sp³-hybridized carbons (Fsp3) is 0.357. The summed E-state index contributed by atoms with van der Waals surface area (Å²) in [6.45, 7) is 3.53. The number of rotatable bonds is 4. The highest BCUT2D eigenvalue weighted by Crippen LogP contribution is 2.08. The Hall–Kier alpha value is -2.22. The summed E-state index contributed by atoms with van der Waals surface area (Å²) in [5, 5.41) is 5.38. The van der Waals surface area contributed by atoms with Crippen LogP contribution >= 0.6 is 12.2 Å². The van der Waals surface area contributed by atoms with Gasteiger partial charge in [0, 0.05) is 7.05 Å². The van der Waals surface area contributed by atoms with Crippen molar-refractivity contribution in [3.8, 4) is 0 Å². The van der Waals surface area contributed by atoms with Crippen molar-refractivity contribution in [3.05, 3.63) is 35.6 Å². The lowest BCUT2D eigenvalue weighted by Gasteiger charge is -2.22. The highest BCUT2D eigenvalue weighted by atomic mass is 32.1. The molecule has 0 aromatic heterocycles. The maximum atomic E-state index is 13.6. The van der Waals surface area contributed by atoms with Crippen LogP contribution in [0.15, 0.2) is 24.3 Å². The molecule has 120 valence electrons. The average Bonchev–Trinajstić information content (AvgIpc) is 2.49. The molecule has 0 heterocycles. The van der Waals surface area contributed by atoms with E-state index in [1.54, 1.807) is 27.0 Å². The van der Waals surface area contributed by atoms with Crippen molar-refractivity contribution in [3.63, 3.8) is 0 Å². The Labute approximate surface area is 133 Å². The van der Waals surface area contributed by atoms with Crippen LogP contribution in [0.1, 0.15) is 24.2 Å². The Morgan fingerprint density at radius 2 is 1.82 bits per heavy atom. The summed E-state index contributed by atoms with van der Waals surface area (Å²) < 4.78 is 13.6. The molecule has 0 bridgehead atoms. The lowest BCUT2D eigenvalue weighted by Crippen LogP contribution is -2.55. The number of nitrogens with one attached hydrogen (secondary N) is 4. The molecule has 1 atom stereocenters. The lowest BCUT2D eigenvalue weighted by molar-refractivity contribution is -0.124. The summed E-state index contributed by atoms with van der Waals surface area (Å²) in [7, 11) is 1.60. The summed E-state index contributed by atoms with van der Waals surface area (Å²) in [6.07, 6.45) is 0. The van der Waals surface area contributed by atoms with Crippen LogP contribution in [0.25, 0.3) is 0 Å². The van der Waals surface area contributed by atoms with Crippen LogP contribution in [0, 0.1) is 11.7 Å². The van der Waals surface area contributed by atoms with E-state index in [9.17, 15) is 14.0 Å². The molecule has 0 saturated heterocycles. The molecule has 0 spiro atoms. The molecule has 0 unspecified atom stereocenters. The van der Waals surface area contributed by atoms with Gasteiger partial charge >= 0.3 is 0 Å². The van der Waals surface area contributed by atoms with E-state index >= 15 is 0 Å². The summed E-state index contributed by atoms with van der Waals surface area (Å²) >= 11 is 4.83. The van der Waals surface area contributed by atoms with E-state index < -0.39 is 23.7 Å². The molecule has 22 heavy (non-hydrogen) atoms. The largest absolute Gasteiger partial charge is 0.364 e. The van der Waals surface area contributed by atoms with Gasteiger partial charge in [0.15, 0.2) is 5.11 Å². The summed E-state index contributed by atoms with van der Waals surface area (Å²) in [6, 6.07) is 4.75. The van der Waals surface area contributed by atoms with E-state index in [-0.39, 0.29) is 16.6 Å². The maximum absolute atomic E-state index is 13.6. The van der Waals surface area contributed by atoms with Crippen molar-refractivity contribution in [1.29, 1.82) is 0 Å². The Kier molecular flexibility index (Phi) is 6.71. The van der Waals surface area contributed by atoms with Gasteiger partial charge in [-0.25, -0.2) is 4.39 Å². The molecule has 1 aromatic carbocycles. The van der Waals surface area contributed by atoms with Gasteiger partial charge in [-0.2, -0.15) is 0 Å². The monoisotopic (exact) mass is 326 g/mol. The van der Waals surface area contributed by atoms with Gasteiger partial charge in [0.1, 0.15) is 11.9 Å². The lowest BCUT2D eigenvalue weighted by atomic mass is 10.0. The van der Waals surface area contributed by atoms with Crippen LogP contribution in [-0.4, -0.2) is 30.0 Å². The quantitative estimate of drug-likeness (QED) is 0.484. The standard InChI is InChI=1S/C14H19FN4O2S/c1-8(2)11(13(21)18-19-14(22)16-3)17-12(20)9-6-4-5-7-10(9)15/h4-8,11H,1-3H3,(H,17,20)(H,18,21)(H2,16,19,22)/t11-/m1/s1. The van der Waals surface area contributed by atoms with E-state index in [0.717, 1.165) is 0 Å². The molecule has 0 radical (unpaired) electrons. The predicted molar refractivity (Wildman–Crippen MR) is 85.4 cm³/mol. The van der Waals surface area contributed by atoms with E-state index in [4.69, 9.17) is 12.2 Å². The van der Waals surface area contributed by atoms with Crippen molar-refractivity contribution in [1.82, 2.24) is 21.5 Å². The number of hydrogen-bond donors (Lipinski definition) is 4. The van der Waals surface area contributed by atoms with Gasteiger partial charge in [0.2, 0.25) is 0 Å². The second kappa shape index (κ2) is 8.28. The fourth-order valence-electron chi connectivity index (χ4n) is 1.66. The first-order valence-electron chi connectivity index (χ1n) is 6.69. The molecule has 0 aliphatic heterocycles. The van der Waals surface area contributed by atoms with Crippen LogP contribution < -0.4 is 21.5 Å². The molecule has 0 aliphatic rings. The molecule has 4 N–H and O–H groups in total. The van der Waals surface area contributed by atoms with E-state index in [0.29, 0.717) is 0 Å². The minimum absolute atomic E-state index is 0.111. The predicted octanol–water partition coefficient (Wildman–Crippen LogP) is 0.705. The molecule has 0 saturated carbocycles. The minimum Gasteiger partial charge on any atom is -0.364 e. The van der Waals surface area contributed by atoms with Crippen LogP contribution in [-0.2, 0) is 4.79 Å². The number of amides is 2. The molecule has 8 heteroatoms. The number of hydrazine groups is 1. The zero-order valence-corrected chi connectivity index (χ0v) is 13.4. The van der Waals surface area contributed by atoms with Crippen molar-refractivity contribution in [2.75, 3.05) is 7.05 Å². The summed E-state index contributed by atoms with van der Waals surface area (Å²) in [5.74, 6) is -1.96. The number of carbonyl (C=O) groups is 2. The van der Waals surface area contributed by atoms with Gasteiger partial charge in [-0.05, 0) is 30.3 Å². The van der Waals surface area contributed by atoms with Gasteiger partial charge in [-0.15, -0.1) is 0 Å². The van der Waals surface area contributed by atoms with Crippen LogP contribution in [0.5, 0.6) is 0 Å². The number of hydrogen-bond acceptors (Lipinski definition) is 3.